The van der Waals surface area contributed by atoms with Crippen molar-refractivity contribution in [2.45, 2.75) is 21.3 Å². The highest BCUT2D eigenvalue weighted by Gasteiger charge is 2.55. The zero-order valence-electron chi connectivity index (χ0n) is 5.89. The van der Waals surface area contributed by atoms with Crippen molar-refractivity contribution in [1.82, 2.24) is 0 Å². The van der Waals surface area contributed by atoms with E-state index in [9.17, 15) is 26.3 Å². The van der Waals surface area contributed by atoms with E-state index in [1.165, 1.54) is 0 Å². The van der Waals surface area contributed by atoms with Crippen LogP contribution in [0.4, 0.5) is 26.3 Å². The SMILES string of the molecule is FC(F)(F)OC(Cl)(Br)C(Br)C(F)(F)F. The van der Waals surface area contributed by atoms with Crippen LogP contribution in [0.2, 0.25) is 0 Å². The van der Waals surface area contributed by atoms with Gasteiger partial charge < -0.3 is 0 Å². The van der Waals surface area contributed by atoms with Crippen molar-refractivity contribution < 1.29 is 31.1 Å². The van der Waals surface area contributed by atoms with E-state index in [0.717, 1.165) is 0 Å². The maximum absolute atomic E-state index is 11.9. The average molecular weight is 374 g/mol. The van der Waals surface area contributed by atoms with Crippen LogP contribution in [0.5, 0.6) is 0 Å². The molecule has 0 saturated carbocycles. The number of ether oxygens (including phenoxy) is 1. The summed E-state index contributed by atoms with van der Waals surface area (Å²) in [5.74, 6) is 0. The Hall–Kier alpha value is 0.790. The van der Waals surface area contributed by atoms with E-state index in [0.29, 0.717) is 0 Å². The summed E-state index contributed by atoms with van der Waals surface area (Å²) in [4.78, 5) is -2.70. The summed E-state index contributed by atoms with van der Waals surface area (Å²) in [6.45, 7) is 0. The highest BCUT2D eigenvalue weighted by molar-refractivity contribution is 9.13. The summed E-state index contributed by atoms with van der Waals surface area (Å²) in [6.07, 6.45) is -10.3. The number of alkyl halides is 9. The molecule has 0 aliphatic rings. The monoisotopic (exact) mass is 372 g/mol. The summed E-state index contributed by atoms with van der Waals surface area (Å²) in [7, 11) is 0. The molecular formula is C4HBr2ClF6O. The summed E-state index contributed by atoms with van der Waals surface area (Å²) >= 11 is 8.78. The molecule has 0 aliphatic carbocycles. The maximum Gasteiger partial charge on any atom is 0.524 e. The second-order valence-corrected chi connectivity index (χ2v) is 5.13. The van der Waals surface area contributed by atoms with Crippen LogP contribution in [-0.2, 0) is 4.74 Å². The van der Waals surface area contributed by atoms with Crippen molar-refractivity contribution in [3.05, 3.63) is 0 Å². The molecule has 10 heteroatoms. The molecular weight excluding hydrogens is 373 g/mol. The van der Waals surface area contributed by atoms with Gasteiger partial charge in [0.15, 0.2) is 4.83 Å². The topological polar surface area (TPSA) is 9.23 Å². The summed E-state index contributed by atoms with van der Waals surface area (Å²) < 4.78 is 70.4. The number of hydrogen-bond donors (Lipinski definition) is 0. The van der Waals surface area contributed by atoms with Gasteiger partial charge in [0.2, 0.25) is 3.97 Å². The molecule has 0 aromatic heterocycles. The Morgan fingerprint density at radius 2 is 1.43 bits per heavy atom. The van der Waals surface area contributed by atoms with Crippen molar-refractivity contribution in [3.8, 4) is 0 Å². The zero-order chi connectivity index (χ0) is 11.8. The maximum atomic E-state index is 11.9. The molecule has 0 amide bonds. The molecule has 0 spiro atoms. The van der Waals surface area contributed by atoms with Gasteiger partial charge in [-0.3, -0.25) is 4.74 Å². The smallest absolute Gasteiger partial charge is 0.258 e. The third-order valence-corrected chi connectivity index (χ3v) is 3.79. The molecule has 0 bridgehead atoms. The van der Waals surface area contributed by atoms with Gasteiger partial charge in [-0.2, -0.15) is 13.2 Å². The van der Waals surface area contributed by atoms with E-state index in [1.807, 2.05) is 31.9 Å². The van der Waals surface area contributed by atoms with Crippen molar-refractivity contribution in [1.29, 1.82) is 0 Å². The lowest BCUT2D eigenvalue weighted by Gasteiger charge is -2.28. The van der Waals surface area contributed by atoms with E-state index >= 15 is 0 Å². The summed E-state index contributed by atoms with van der Waals surface area (Å²) in [5.41, 5.74) is 0. The van der Waals surface area contributed by atoms with Crippen LogP contribution in [0.3, 0.4) is 0 Å². The number of hydrogen-bond acceptors (Lipinski definition) is 1. The van der Waals surface area contributed by atoms with Gasteiger partial charge in [0.1, 0.15) is 0 Å². The van der Waals surface area contributed by atoms with Crippen LogP contribution in [0.15, 0.2) is 0 Å². The van der Waals surface area contributed by atoms with Gasteiger partial charge in [0.05, 0.1) is 0 Å². The molecule has 86 valence electrons. The van der Waals surface area contributed by atoms with Crippen LogP contribution >= 0.6 is 43.5 Å². The second-order valence-electron chi connectivity index (χ2n) is 2.01. The minimum Gasteiger partial charge on any atom is -0.258 e. The third-order valence-electron chi connectivity index (χ3n) is 0.834. The number of halogens is 9. The lowest BCUT2D eigenvalue weighted by atomic mass is 10.4. The van der Waals surface area contributed by atoms with Gasteiger partial charge in [-0.1, -0.05) is 27.5 Å². The van der Waals surface area contributed by atoms with Crippen molar-refractivity contribution in [2.75, 3.05) is 0 Å². The van der Waals surface area contributed by atoms with Gasteiger partial charge >= 0.3 is 12.5 Å². The first-order valence-corrected chi connectivity index (χ1v) is 4.80. The minimum atomic E-state index is -5.28. The molecule has 0 rings (SSSR count). The van der Waals surface area contributed by atoms with E-state index in [-0.39, 0.29) is 0 Å². The molecule has 0 fully saturated rings. The second kappa shape index (κ2) is 4.34. The van der Waals surface area contributed by atoms with Crippen molar-refractivity contribution in [3.63, 3.8) is 0 Å². The number of rotatable bonds is 2. The average Bonchev–Trinajstić information content (AvgIpc) is 1.78. The Balaban J connectivity index is 4.63. The van der Waals surface area contributed by atoms with Gasteiger partial charge in [-0.25, -0.2) is 0 Å². The fourth-order valence-electron chi connectivity index (χ4n) is 0.397. The summed E-state index contributed by atoms with van der Waals surface area (Å²) in [5, 5.41) is 0. The molecule has 2 atom stereocenters. The van der Waals surface area contributed by atoms with E-state index < -0.39 is 21.3 Å². The van der Waals surface area contributed by atoms with Gasteiger partial charge in [-0.15, -0.1) is 13.2 Å². The molecule has 14 heavy (non-hydrogen) atoms. The standard InChI is InChI=1S/C4HBr2ClF6O/c5-1(3(8,9)10)2(6,7)14-4(11,12)13/h1H. The van der Waals surface area contributed by atoms with Crippen molar-refractivity contribution >= 4 is 43.5 Å². The molecule has 0 aromatic carbocycles. The van der Waals surface area contributed by atoms with Crippen LogP contribution in [0.25, 0.3) is 0 Å². The fourth-order valence-corrected chi connectivity index (χ4v) is 1.14. The first kappa shape index (κ1) is 14.8. The Bertz CT molecular complexity index is 201. The highest BCUT2D eigenvalue weighted by Crippen LogP contribution is 2.45. The van der Waals surface area contributed by atoms with Gasteiger partial charge in [0, 0.05) is 0 Å². The Labute approximate surface area is 96.0 Å². The highest BCUT2D eigenvalue weighted by atomic mass is 79.9. The molecule has 2 unspecified atom stereocenters. The predicted octanol–water partition coefficient (Wildman–Crippen LogP) is 4.14. The Morgan fingerprint density at radius 1 is 1.07 bits per heavy atom. The van der Waals surface area contributed by atoms with Gasteiger partial charge in [-0.05, 0) is 15.9 Å². The van der Waals surface area contributed by atoms with E-state index in [4.69, 9.17) is 11.6 Å². The predicted molar refractivity (Wildman–Crippen MR) is 43.4 cm³/mol. The molecule has 0 aromatic rings. The quantitative estimate of drug-likeness (QED) is 0.522. The Morgan fingerprint density at radius 3 is 1.64 bits per heavy atom. The lowest BCUT2D eigenvalue weighted by molar-refractivity contribution is -0.341. The molecule has 0 aliphatic heterocycles. The minimum absolute atomic E-state index is 1.94. The van der Waals surface area contributed by atoms with Crippen LogP contribution in [0, 0.1) is 0 Å². The molecule has 0 radical (unpaired) electrons. The molecule has 0 heterocycles. The third kappa shape index (κ3) is 5.04. The largest absolute Gasteiger partial charge is 0.524 e. The van der Waals surface area contributed by atoms with Crippen molar-refractivity contribution in [2.24, 2.45) is 0 Å². The first-order chi connectivity index (χ1) is 5.86. The lowest BCUT2D eigenvalue weighted by Crippen LogP contribution is -2.43. The normalized spacial score (nSPS) is 20.4. The van der Waals surface area contributed by atoms with Crippen LogP contribution in [-0.4, -0.2) is 21.3 Å². The van der Waals surface area contributed by atoms with E-state index in [1.54, 1.807) is 0 Å². The Kier molecular flexibility index (Phi) is 4.59. The van der Waals surface area contributed by atoms with Gasteiger partial charge in [0.25, 0.3) is 0 Å². The molecule has 1 nitrogen and oxygen atoms in total. The van der Waals surface area contributed by atoms with E-state index in [2.05, 4.69) is 4.74 Å². The first-order valence-electron chi connectivity index (χ1n) is 2.72. The molecule has 0 N–H and O–H groups in total. The van der Waals surface area contributed by atoms with Crippen LogP contribution < -0.4 is 0 Å². The zero-order valence-corrected chi connectivity index (χ0v) is 9.82. The van der Waals surface area contributed by atoms with Crippen LogP contribution in [0.1, 0.15) is 0 Å². The fraction of sp³-hybridized carbons (Fsp3) is 1.00. The summed E-state index contributed by atoms with van der Waals surface area (Å²) in [6, 6.07) is 0. The molecule has 0 saturated heterocycles.